The zero-order valence-electron chi connectivity index (χ0n) is 10.2. The maximum Gasteiger partial charge on any atom is 0.417 e. The summed E-state index contributed by atoms with van der Waals surface area (Å²) < 4.78 is 5.31. The van der Waals surface area contributed by atoms with Crippen molar-refractivity contribution in [3.8, 4) is 5.75 Å². The van der Waals surface area contributed by atoms with Crippen molar-refractivity contribution in [1.82, 2.24) is 10.2 Å². The lowest BCUT2D eigenvalue weighted by Crippen LogP contribution is -2.50. The lowest BCUT2D eigenvalue weighted by molar-refractivity contribution is 0.133. The van der Waals surface area contributed by atoms with Crippen LogP contribution in [0.1, 0.15) is 0 Å². The van der Waals surface area contributed by atoms with Gasteiger partial charge >= 0.3 is 6.09 Å². The molecule has 1 aromatic carbocycles. The Morgan fingerprint density at radius 2 is 2.21 bits per heavy atom. The lowest BCUT2D eigenvalue weighted by atomic mass is 10.1. The van der Waals surface area contributed by atoms with Crippen molar-refractivity contribution >= 4 is 12.1 Å². The molecule has 0 aliphatic carbocycles. The van der Waals surface area contributed by atoms with E-state index >= 15 is 0 Å². The van der Waals surface area contributed by atoms with Crippen LogP contribution in [0, 0.1) is 0 Å². The maximum atomic E-state index is 12.1. The Hall–Kier alpha value is -2.50. The Kier molecular flexibility index (Phi) is 2.83. The summed E-state index contributed by atoms with van der Waals surface area (Å²) in [5.74, 6) is 0.862. The van der Waals surface area contributed by atoms with Crippen LogP contribution < -0.4 is 15.8 Å². The molecule has 0 saturated carbocycles. The molecule has 6 heteroatoms. The van der Waals surface area contributed by atoms with Crippen LogP contribution in [0.2, 0.25) is 0 Å². The molecule has 0 saturated heterocycles. The van der Waals surface area contributed by atoms with Gasteiger partial charge in [-0.1, -0.05) is 30.4 Å². The topological polar surface area (TPSA) is 80.0 Å². The highest BCUT2D eigenvalue weighted by Gasteiger charge is 2.36. The van der Waals surface area contributed by atoms with E-state index in [9.17, 15) is 4.79 Å². The van der Waals surface area contributed by atoms with Gasteiger partial charge in [0.25, 0.3) is 0 Å². The zero-order valence-corrected chi connectivity index (χ0v) is 10.2. The third-order valence-corrected chi connectivity index (χ3v) is 3.05. The monoisotopic (exact) mass is 258 g/mol. The lowest BCUT2D eigenvalue weighted by Gasteiger charge is -2.30. The molecule has 0 bridgehead atoms. The Morgan fingerprint density at radius 3 is 3.00 bits per heavy atom. The quantitative estimate of drug-likeness (QED) is 0.726. The van der Waals surface area contributed by atoms with Gasteiger partial charge in [-0.3, -0.25) is 4.90 Å². The molecule has 98 valence electrons. The Bertz CT molecular complexity index is 541. The van der Waals surface area contributed by atoms with Gasteiger partial charge in [-0.25, -0.2) is 9.79 Å². The standard InChI is InChI=1S/C13H14N4O2/c14-12-15-10-7-4-8-17(11(10)16-12)13(18)19-9-5-2-1-3-6-9/h1-7,10-11H,8H2,(H3,14,15,16)/t10?,11-/m0/s1. The number of nitrogens with two attached hydrogens (primary N) is 1. The number of guanidine groups is 1. The van der Waals surface area contributed by atoms with Crippen molar-refractivity contribution in [2.75, 3.05) is 6.54 Å². The Morgan fingerprint density at radius 1 is 1.42 bits per heavy atom. The largest absolute Gasteiger partial charge is 0.417 e. The summed E-state index contributed by atoms with van der Waals surface area (Å²) in [4.78, 5) is 17.9. The van der Waals surface area contributed by atoms with E-state index in [0.29, 0.717) is 18.3 Å². The molecule has 2 heterocycles. The first-order valence-corrected chi connectivity index (χ1v) is 6.04. The second kappa shape index (κ2) is 4.64. The molecule has 6 nitrogen and oxygen atoms in total. The molecule has 3 rings (SSSR count). The summed E-state index contributed by atoms with van der Waals surface area (Å²) in [6, 6.07) is 8.89. The molecule has 0 spiro atoms. The number of nitrogens with zero attached hydrogens (tertiary/aromatic N) is 2. The van der Waals surface area contributed by atoms with Gasteiger partial charge in [0.15, 0.2) is 12.1 Å². The predicted octanol–water partition coefficient (Wildman–Crippen LogP) is 0.670. The highest BCUT2D eigenvalue weighted by molar-refractivity contribution is 5.82. The average molecular weight is 258 g/mol. The molecule has 0 radical (unpaired) electrons. The molecule has 1 unspecified atom stereocenters. The Balaban J connectivity index is 1.75. The zero-order chi connectivity index (χ0) is 13.2. The van der Waals surface area contributed by atoms with E-state index < -0.39 is 6.09 Å². The fourth-order valence-corrected chi connectivity index (χ4v) is 2.18. The fourth-order valence-electron chi connectivity index (χ4n) is 2.18. The first-order valence-electron chi connectivity index (χ1n) is 6.04. The summed E-state index contributed by atoms with van der Waals surface area (Å²) in [7, 11) is 0. The van der Waals surface area contributed by atoms with Crippen LogP contribution in [0.5, 0.6) is 5.75 Å². The molecule has 2 atom stereocenters. The van der Waals surface area contributed by atoms with Gasteiger partial charge in [0, 0.05) is 6.54 Å². The number of nitrogens with one attached hydrogen (secondary N) is 1. The van der Waals surface area contributed by atoms with Crippen LogP contribution in [0.4, 0.5) is 4.79 Å². The average Bonchev–Trinajstić information content (AvgIpc) is 2.79. The second-order valence-corrected chi connectivity index (χ2v) is 4.36. The van der Waals surface area contributed by atoms with Gasteiger partial charge in [-0.05, 0) is 12.1 Å². The predicted molar refractivity (Wildman–Crippen MR) is 70.6 cm³/mol. The number of hydrogen-bond donors (Lipinski definition) is 2. The van der Waals surface area contributed by atoms with E-state index in [1.807, 2.05) is 30.4 Å². The van der Waals surface area contributed by atoms with Crippen LogP contribution in [0.25, 0.3) is 0 Å². The van der Waals surface area contributed by atoms with Crippen LogP contribution in [0.15, 0.2) is 47.5 Å². The maximum absolute atomic E-state index is 12.1. The summed E-state index contributed by atoms with van der Waals surface area (Å²) in [5, 5.41) is 3.00. The van der Waals surface area contributed by atoms with E-state index in [1.54, 1.807) is 17.0 Å². The molecular weight excluding hydrogens is 244 g/mol. The van der Waals surface area contributed by atoms with Crippen LogP contribution in [-0.4, -0.2) is 35.7 Å². The molecular formula is C13H14N4O2. The molecule has 2 aliphatic rings. The minimum absolute atomic E-state index is 0.0722. The summed E-state index contributed by atoms with van der Waals surface area (Å²) in [5.41, 5.74) is 5.64. The van der Waals surface area contributed by atoms with Gasteiger partial charge in [0.05, 0.1) is 6.04 Å². The van der Waals surface area contributed by atoms with E-state index in [2.05, 4.69) is 10.3 Å². The summed E-state index contributed by atoms with van der Waals surface area (Å²) in [6.07, 6.45) is 3.10. The second-order valence-electron chi connectivity index (χ2n) is 4.36. The molecule has 1 aromatic rings. The number of fused-ring (bicyclic) bond motifs is 1. The molecule has 1 amide bonds. The number of benzene rings is 1. The summed E-state index contributed by atoms with van der Waals surface area (Å²) in [6.45, 7) is 0.464. The van der Waals surface area contributed by atoms with Crippen molar-refractivity contribution in [1.29, 1.82) is 0 Å². The number of hydrogen-bond acceptors (Lipinski definition) is 5. The van der Waals surface area contributed by atoms with Crippen LogP contribution in [-0.2, 0) is 0 Å². The summed E-state index contributed by atoms with van der Waals surface area (Å²) >= 11 is 0. The van der Waals surface area contributed by atoms with Gasteiger partial charge in [0.1, 0.15) is 5.75 Å². The van der Waals surface area contributed by atoms with Gasteiger partial charge in [-0.15, -0.1) is 0 Å². The smallest absolute Gasteiger partial charge is 0.410 e. The van der Waals surface area contributed by atoms with Gasteiger partial charge in [-0.2, -0.15) is 0 Å². The number of para-hydroxylation sites is 1. The van der Waals surface area contributed by atoms with E-state index in [-0.39, 0.29) is 12.2 Å². The highest BCUT2D eigenvalue weighted by Crippen LogP contribution is 2.19. The van der Waals surface area contributed by atoms with Crippen LogP contribution >= 0.6 is 0 Å². The third kappa shape index (κ3) is 2.24. The number of amides is 1. The van der Waals surface area contributed by atoms with E-state index in [4.69, 9.17) is 10.5 Å². The van der Waals surface area contributed by atoms with E-state index in [0.717, 1.165) is 0 Å². The Labute approximate surface area is 110 Å². The number of ether oxygens (including phenoxy) is 1. The molecule has 19 heavy (non-hydrogen) atoms. The molecule has 0 fully saturated rings. The first kappa shape index (κ1) is 11.6. The number of carbonyl (C=O) groups excluding carboxylic acids is 1. The highest BCUT2D eigenvalue weighted by atomic mass is 16.6. The SMILES string of the molecule is NC1=N[C@@H]2C(C=CCN2C(=O)Oc2ccccc2)N1. The molecule has 3 N–H and O–H groups in total. The molecule has 0 aromatic heterocycles. The van der Waals surface area contributed by atoms with Crippen molar-refractivity contribution in [2.24, 2.45) is 10.7 Å². The van der Waals surface area contributed by atoms with Gasteiger partial charge in [0.2, 0.25) is 0 Å². The number of aliphatic imine (C=N–C) groups is 1. The number of carbonyl (C=O) groups is 1. The first-order chi connectivity index (χ1) is 9.24. The van der Waals surface area contributed by atoms with Crippen molar-refractivity contribution in [2.45, 2.75) is 12.2 Å². The normalized spacial score (nSPS) is 24.4. The molecule has 2 aliphatic heterocycles. The van der Waals surface area contributed by atoms with Crippen molar-refractivity contribution in [3.05, 3.63) is 42.5 Å². The van der Waals surface area contributed by atoms with Crippen molar-refractivity contribution in [3.63, 3.8) is 0 Å². The van der Waals surface area contributed by atoms with E-state index in [1.165, 1.54) is 0 Å². The van der Waals surface area contributed by atoms with Gasteiger partial charge < -0.3 is 15.8 Å². The minimum Gasteiger partial charge on any atom is -0.410 e. The van der Waals surface area contributed by atoms with Crippen molar-refractivity contribution < 1.29 is 9.53 Å². The van der Waals surface area contributed by atoms with Crippen LogP contribution in [0.3, 0.4) is 0 Å². The third-order valence-electron chi connectivity index (χ3n) is 3.05. The number of rotatable bonds is 1. The fraction of sp³-hybridized carbons (Fsp3) is 0.231. The minimum atomic E-state index is -0.425.